The Morgan fingerprint density at radius 1 is 1.25 bits per heavy atom. The molecule has 8 heavy (non-hydrogen) atoms. The summed E-state index contributed by atoms with van der Waals surface area (Å²) >= 11 is 0. The van der Waals surface area contributed by atoms with Gasteiger partial charge in [-0.3, -0.25) is 0 Å². The Hall–Kier alpha value is -0.210. The van der Waals surface area contributed by atoms with Crippen molar-refractivity contribution in [3.63, 3.8) is 0 Å². The van der Waals surface area contributed by atoms with Crippen molar-refractivity contribution in [3.8, 4) is 0 Å². The van der Waals surface area contributed by atoms with Gasteiger partial charge in [0.1, 0.15) is 0 Å². The standard InChI is InChI=1S/C5H7F3/c1-3-4(2,6)5(3,7)8/h3H,1-2H3. The first-order valence-electron chi connectivity index (χ1n) is 2.47. The Labute approximate surface area is 45.7 Å². The summed E-state index contributed by atoms with van der Waals surface area (Å²) in [6.45, 7) is 2.14. The lowest BCUT2D eigenvalue weighted by atomic mass is 10.3. The van der Waals surface area contributed by atoms with Crippen molar-refractivity contribution in [2.75, 3.05) is 0 Å². The number of halogens is 3. The Bertz CT molecular complexity index is 103. The molecule has 0 bridgehead atoms. The van der Waals surface area contributed by atoms with Gasteiger partial charge in [-0.25, -0.2) is 13.2 Å². The lowest BCUT2D eigenvalue weighted by Crippen LogP contribution is -2.04. The molecule has 2 unspecified atom stereocenters. The van der Waals surface area contributed by atoms with Crippen LogP contribution in [0.25, 0.3) is 0 Å². The molecule has 2 atom stereocenters. The quantitative estimate of drug-likeness (QED) is 0.463. The number of hydrogen-bond acceptors (Lipinski definition) is 0. The van der Waals surface area contributed by atoms with Gasteiger partial charge in [0.2, 0.25) is 0 Å². The summed E-state index contributed by atoms with van der Waals surface area (Å²) in [6, 6.07) is 0. The van der Waals surface area contributed by atoms with Gasteiger partial charge < -0.3 is 0 Å². The normalized spacial score (nSPS) is 51.4. The Kier molecular flexibility index (Phi) is 0.770. The summed E-state index contributed by atoms with van der Waals surface area (Å²) < 4.78 is 36.1. The van der Waals surface area contributed by atoms with Gasteiger partial charge in [-0.15, -0.1) is 0 Å². The van der Waals surface area contributed by atoms with Crippen LogP contribution in [0.1, 0.15) is 13.8 Å². The molecule has 0 aromatic heterocycles. The van der Waals surface area contributed by atoms with E-state index in [0.717, 1.165) is 6.92 Å². The molecule has 0 saturated heterocycles. The fraction of sp³-hybridized carbons (Fsp3) is 1.00. The van der Waals surface area contributed by atoms with Gasteiger partial charge in [0, 0.05) is 0 Å². The van der Waals surface area contributed by atoms with Crippen molar-refractivity contribution in [1.82, 2.24) is 0 Å². The summed E-state index contributed by atoms with van der Waals surface area (Å²) in [6.07, 6.45) is 0. The third-order valence-corrected chi connectivity index (χ3v) is 1.93. The smallest absolute Gasteiger partial charge is 0.237 e. The predicted octanol–water partition coefficient (Wildman–Crippen LogP) is 2.00. The SMILES string of the molecule is CC1C(C)(F)C1(F)F. The zero-order chi connectivity index (χ0) is 6.58. The van der Waals surface area contributed by atoms with E-state index in [4.69, 9.17) is 0 Å². The van der Waals surface area contributed by atoms with E-state index in [0.29, 0.717) is 0 Å². The Balaban J connectivity index is 2.72. The first-order chi connectivity index (χ1) is 3.40. The summed E-state index contributed by atoms with van der Waals surface area (Å²) in [5.74, 6) is -4.15. The van der Waals surface area contributed by atoms with E-state index in [1.165, 1.54) is 6.92 Å². The van der Waals surface area contributed by atoms with Crippen molar-refractivity contribution >= 4 is 0 Å². The third-order valence-electron chi connectivity index (χ3n) is 1.93. The maximum atomic E-state index is 12.2. The van der Waals surface area contributed by atoms with Gasteiger partial charge in [0.05, 0.1) is 5.92 Å². The van der Waals surface area contributed by atoms with Crippen molar-refractivity contribution in [1.29, 1.82) is 0 Å². The third kappa shape index (κ3) is 0.376. The van der Waals surface area contributed by atoms with Crippen LogP contribution in [0.4, 0.5) is 13.2 Å². The number of rotatable bonds is 0. The average molecular weight is 124 g/mol. The van der Waals surface area contributed by atoms with Crippen molar-refractivity contribution in [2.24, 2.45) is 5.92 Å². The van der Waals surface area contributed by atoms with E-state index in [1.807, 2.05) is 0 Å². The van der Waals surface area contributed by atoms with Crippen LogP contribution < -0.4 is 0 Å². The highest BCUT2D eigenvalue weighted by Gasteiger charge is 2.77. The van der Waals surface area contributed by atoms with Crippen LogP contribution >= 0.6 is 0 Å². The van der Waals surface area contributed by atoms with Gasteiger partial charge in [0.25, 0.3) is 5.92 Å². The monoisotopic (exact) mass is 124 g/mol. The molecule has 0 N–H and O–H groups in total. The minimum atomic E-state index is -3.06. The molecule has 1 fully saturated rings. The Morgan fingerprint density at radius 3 is 1.38 bits per heavy atom. The molecule has 0 aromatic carbocycles. The lowest BCUT2D eigenvalue weighted by molar-refractivity contribution is 0.0475. The molecule has 0 heterocycles. The second-order valence-corrected chi connectivity index (χ2v) is 2.42. The molecule has 0 radical (unpaired) electrons. The minimum Gasteiger partial charge on any atom is -0.237 e. The van der Waals surface area contributed by atoms with E-state index < -0.39 is 17.5 Å². The van der Waals surface area contributed by atoms with Crippen LogP contribution in [0.15, 0.2) is 0 Å². The van der Waals surface area contributed by atoms with Gasteiger partial charge >= 0.3 is 0 Å². The zero-order valence-corrected chi connectivity index (χ0v) is 4.71. The second-order valence-electron chi connectivity index (χ2n) is 2.42. The van der Waals surface area contributed by atoms with Crippen LogP contribution in [0.2, 0.25) is 0 Å². The van der Waals surface area contributed by atoms with Crippen LogP contribution in [0.5, 0.6) is 0 Å². The molecule has 1 aliphatic rings. The number of alkyl halides is 3. The maximum absolute atomic E-state index is 12.2. The van der Waals surface area contributed by atoms with Crippen LogP contribution in [0.3, 0.4) is 0 Å². The largest absolute Gasteiger partial charge is 0.287 e. The van der Waals surface area contributed by atoms with E-state index >= 15 is 0 Å². The zero-order valence-electron chi connectivity index (χ0n) is 4.71. The van der Waals surface area contributed by atoms with Gasteiger partial charge in [-0.05, 0) is 6.92 Å². The molecule has 3 heteroatoms. The van der Waals surface area contributed by atoms with Crippen molar-refractivity contribution < 1.29 is 13.2 Å². The summed E-state index contributed by atoms with van der Waals surface area (Å²) in [5.41, 5.74) is -2.23. The molecule has 1 saturated carbocycles. The molecular weight excluding hydrogens is 117 g/mol. The summed E-state index contributed by atoms with van der Waals surface area (Å²) in [5, 5.41) is 0. The molecule has 1 aliphatic carbocycles. The van der Waals surface area contributed by atoms with Crippen molar-refractivity contribution in [2.45, 2.75) is 25.4 Å². The highest BCUT2D eigenvalue weighted by molar-refractivity contribution is 5.15. The first-order valence-corrected chi connectivity index (χ1v) is 2.47. The molecule has 0 aromatic rings. The van der Waals surface area contributed by atoms with Gasteiger partial charge in [0.15, 0.2) is 5.67 Å². The Morgan fingerprint density at radius 2 is 1.38 bits per heavy atom. The fourth-order valence-corrected chi connectivity index (χ4v) is 0.696. The predicted molar refractivity (Wildman–Crippen MR) is 23.6 cm³/mol. The van der Waals surface area contributed by atoms with Crippen LogP contribution in [-0.2, 0) is 0 Å². The molecular formula is C5H7F3. The molecule has 1 rings (SSSR count). The van der Waals surface area contributed by atoms with Crippen LogP contribution in [-0.4, -0.2) is 11.6 Å². The second kappa shape index (κ2) is 1.04. The fourth-order valence-electron chi connectivity index (χ4n) is 0.696. The summed E-state index contributed by atoms with van der Waals surface area (Å²) in [7, 11) is 0. The van der Waals surface area contributed by atoms with Gasteiger partial charge in [-0.1, -0.05) is 6.92 Å². The average Bonchev–Trinajstić information content (AvgIpc) is 1.88. The highest BCUT2D eigenvalue weighted by atomic mass is 19.3. The highest BCUT2D eigenvalue weighted by Crippen LogP contribution is 2.60. The van der Waals surface area contributed by atoms with Crippen molar-refractivity contribution in [3.05, 3.63) is 0 Å². The molecule has 0 aliphatic heterocycles. The van der Waals surface area contributed by atoms with Crippen LogP contribution in [0, 0.1) is 5.92 Å². The lowest BCUT2D eigenvalue weighted by Gasteiger charge is -1.91. The number of hydrogen-bond donors (Lipinski definition) is 0. The minimum absolute atomic E-state index is 0.928. The summed E-state index contributed by atoms with van der Waals surface area (Å²) in [4.78, 5) is 0. The van der Waals surface area contributed by atoms with E-state index in [-0.39, 0.29) is 0 Å². The molecule has 0 spiro atoms. The first kappa shape index (κ1) is 5.92. The molecule has 0 nitrogen and oxygen atoms in total. The van der Waals surface area contributed by atoms with E-state index in [9.17, 15) is 13.2 Å². The molecule has 0 amide bonds. The van der Waals surface area contributed by atoms with E-state index in [2.05, 4.69) is 0 Å². The van der Waals surface area contributed by atoms with E-state index in [1.54, 1.807) is 0 Å². The van der Waals surface area contributed by atoms with Gasteiger partial charge in [-0.2, -0.15) is 0 Å². The topological polar surface area (TPSA) is 0 Å². The maximum Gasteiger partial charge on any atom is 0.287 e. The molecule has 48 valence electrons.